The van der Waals surface area contributed by atoms with Gasteiger partial charge in [0.15, 0.2) is 0 Å². The number of hydrogen-bond donors (Lipinski definition) is 2. The Hall–Kier alpha value is -7.25. The average Bonchev–Trinajstić information content (AvgIpc) is 4.10. The van der Waals surface area contributed by atoms with E-state index >= 15 is 0 Å². The highest BCUT2D eigenvalue weighted by molar-refractivity contribution is 5.90. The number of benzene rings is 2. The number of amides is 2. The summed E-state index contributed by atoms with van der Waals surface area (Å²) < 4.78 is 131. The standard InChI is InChI=1S/C24H24F4N6O2.C15H16F3N3.C9H9F2N3O2.CH4.B/c1-13(25)19-11-36-23(35)34(19)20-8-9-29-22(32-20)31-14(2)21-18-5-3-4-15-10-16(24(26,27)28)6-7-17(15)33(18)12-30-21;1-9(19)14-13-4-2-3-10-7-11(15(16,17)18)5-6-12(10)21(13)8-20-14;1-5(10)6-4-16-9(15)14(6)7-2-3-12-8(11)13-7;;/h6-10,12-14,19H,3-5,11H2,1-2H3,(H,29,31,32);5-9H,2-4,19H2,1H3;2-3,5-6H,4H2,1H3;1H4;/t13-,14-,19+;9-;5-,6+;;/m000../s1. The fourth-order valence-corrected chi connectivity index (χ4v) is 9.07. The maximum absolute atomic E-state index is 14.0. The summed E-state index contributed by atoms with van der Waals surface area (Å²) in [6.07, 6.45) is -3.77. The molecule has 6 aromatic rings. The number of cyclic esters (lactones) is 2. The molecule has 3 radical (unpaired) electrons. The lowest BCUT2D eigenvalue weighted by Gasteiger charge is -2.22. The van der Waals surface area contributed by atoms with Crippen LogP contribution in [-0.4, -0.2) is 97.3 Å². The van der Waals surface area contributed by atoms with Crippen molar-refractivity contribution in [2.45, 2.75) is 123 Å². The number of nitrogens with two attached hydrogens (primary N) is 1. The van der Waals surface area contributed by atoms with Gasteiger partial charge in [-0.15, -0.1) is 0 Å². The zero-order valence-electron chi connectivity index (χ0n) is 40.2. The summed E-state index contributed by atoms with van der Waals surface area (Å²) in [5, 5.41) is 3.17. The van der Waals surface area contributed by atoms with Crippen LogP contribution in [-0.2, 0) is 47.5 Å². The van der Waals surface area contributed by atoms with Crippen LogP contribution in [0.1, 0.15) is 105 Å². The van der Waals surface area contributed by atoms with Crippen molar-refractivity contribution in [3.63, 3.8) is 0 Å². The number of aryl methyl sites for hydroxylation is 2. The van der Waals surface area contributed by atoms with Gasteiger partial charge in [0.1, 0.15) is 49.3 Å². The molecular formula is C49H53BF9N12O4. The van der Waals surface area contributed by atoms with E-state index in [0.717, 1.165) is 58.8 Å². The Kier molecular flexibility index (Phi) is 17.6. The van der Waals surface area contributed by atoms with E-state index in [1.54, 1.807) is 12.7 Å². The summed E-state index contributed by atoms with van der Waals surface area (Å²) in [4.78, 5) is 49.8. The van der Waals surface area contributed by atoms with Gasteiger partial charge in [0.2, 0.25) is 5.95 Å². The first-order valence-electron chi connectivity index (χ1n) is 23.2. The maximum Gasteiger partial charge on any atom is 0.416 e. The van der Waals surface area contributed by atoms with E-state index < -0.39 is 66.2 Å². The van der Waals surface area contributed by atoms with Crippen LogP contribution < -0.4 is 20.9 Å². The number of alkyl halides is 8. The predicted molar refractivity (Wildman–Crippen MR) is 259 cm³/mol. The molecule has 0 saturated carbocycles. The average molecular weight is 1060 g/mol. The van der Waals surface area contributed by atoms with Gasteiger partial charge in [-0.05, 0) is 126 Å². The van der Waals surface area contributed by atoms with Crippen LogP contribution >= 0.6 is 0 Å². The van der Waals surface area contributed by atoms with E-state index in [0.29, 0.717) is 48.2 Å². The van der Waals surface area contributed by atoms with E-state index in [4.69, 9.17) is 15.2 Å². The zero-order valence-corrected chi connectivity index (χ0v) is 40.2. The highest BCUT2D eigenvalue weighted by Crippen LogP contribution is 2.37. The number of nitrogens with one attached hydrogen (secondary N) is 1. The molecule has 2 saturated heterocycles. The second-order valence-corrected chi connectivity index (χ2v) is 17.7. The lowest BCUT2D eigenvalue weighted by atomic mass is 10.0. The number of rotatable bonds is 8. The van der Waals surface area contributed by atoms with Crippen molar-refractivity contribution in [1.29, 1.82) is 0 Å². The largest absolute Gasteiger partial charge is 0.447 e. The number of carbonyl (C=O) groups is 2. The Morgan fingerprint density at radius 2 is 1.11 bits per heavy atom. The van der Waals surface area contributed by atoms with E-state index in [9.17, 15) is 49.1 Å². The van der Waals surface area contributed by atoms with Crippen LogP contribution in [0.25, 0.3) is 11.4 Å². The normalized spacial score (nSPS) is 18.4. The molecule has 2 aromatic carbocycles. The molecule has 6 atom stereocenters. The lowest BCUT2D eigenvalue weighted by molar-refractivity contribution is -0.138. The molecule has 4 aliphatic rings. The Morgan fingerprint density at radius 3 is 1.56 bits per heavy atom. The Bertz CT molecular complexity index is 2970. The number of imidazole rings is 2. The van der Waals surface area contributed by atoms with Gasteiger partial charge in [0.25, 0.3) is 0 Å². The van der Waals surface area contributed by atoms with Gasteiger partial charge >= 0.3 is 30.6 Å². The molecule has 0 unspecified atom stereocenters. The summed E-state index contributed by atoms with van der Waals surface area (Å²) in [7, 11) is 0. The summed E-state index contributed by atoms with van der Waals surface area (Å²) in [5.74, 6) is 0.440. The highest BCUT2D eigenvalue weighted by atomic mass is 19.4. The molecule has 2 amide bonds. The number of aromatic nitrogens is 8. The minimum atomic E-state index is -4.40. The van der Waals surface area contributed by atoms with Crippen LogP contribution in [0.4, 0.5) is 66.7 Å². The van der Waals surface area contributed by atoms with Gasteiger partial charge in [-0.1, -0.05) is 7.43 Å². The monoisotopic (exact) mass is 1060 g/mol. The fourth-order valence-electron chi connectivity index (χ4n) is 9.07. The molecule has 2 fully saturated rings. The van der Waals surface area contributed by atoms with Crippen LogP contribution in [0, 0.1) is 6.08 Å². The first-order chi connectivity index (χ1) is 34.6. The highest BCUT2D eigenvalue weighted by Gasteiger charge is 2.41. The number of ether oxygens (including phenoxy) is 2. The first kappa shape index (κ1) is 57.0. The van der Waals surface area contributed by atoms with Crippen molar-refractivity contribution < 1.29 is 58.6 Å². The molecule has 8 heterocycles. The topological polar surface area (TPSA) is 184 Å². The second kappa shape index (κ2) is 23.1. The fraction of sp³-hybridized carbons (Fsp3) is 0.429. The van der Waals surface area contributed by atoms with Crippen LogP contribution in [0.3, 0.4) is 0 Å². The van der Waals surface area contributed by atoms with E-state index in [-0.39, 0.29) is 58.7 Å². The van der Waals surface area contributed by atoms with Crippen LogP contribution in [0.2, 0.25) is 0 Å². The number of carbonyl (C=O) groups excluding carboxylic acids is 2. The van der Waals surface area contributed by atoms with Gasteiger partial charge < -0.3 is 29.7 Å². The van der Waals surface area contributed by atoms with Crippen molar-refractivity contribution in [2.24, 2.45) is 5.73 Å². The van der Waals surface area contributed by atoms with Gasteiger partial charge in [-0.2, -0.15) is 40.7 Å². The zero-order chi connectivity index (χ0) is 52.5. The summed E-state index contributed by atoms with van der Waals surface area (Å²) >= 11 is 0. The Labute approximate surface area is 427 Å². The number of fused-ring (bicyclic) bond motifs is 6. The van der Waals surface area contributed by atoms with Crippen LogP contribution in [0.15, 0.2) is 73.6 Å². The molecule has 0 spiro atoms. The number of anilines is 3. The van der Waals surface area contributed by atoms with Gasteiger partial charge in [0, 0.05) is 49.6 Å². The maximum atomic E-state index is 14.0. The molecular weight excluding hydrogens is 1000 g/mol. The first-order valence-corrected chi connectivity index (χ1v) is 23.2. The van der Waals surface area contributed by atoms with E-state index in [1.165, 1.54) is 61.3 Å². The molecule has 0 bridgehead atoms. The minimum Gasteiger partial charge on any atom is -0.447 e. The smallest absolute Gasteiger partial charge is 0.416 e. The summed E-state index contributed by atoms with van der Waals surface area (Å²) in [5.41, 5.74) is 10.9. The number of nitrogens with zero attached hydrogens (tertiary/aromatic N) is 10. The molecule has 4 aliphatic heterocycles. The van der Waals surface area contributed by atoms with Crippen molar-refractivity contribution in [2.75, 3.05) is 28.3 Å². The third-order valence-electron chi connectivity index (χ3n) is 12.7. The lowest BCUT2D eigenvalue weighted by Crippen LogP contribution is -2.39. The third kappa shape index (κ3) is 12.3. The van der Waals surface area contributed by atoms with Crippen molar-refractivity contribution >= 4 is 38.2 Å². The van der Waals surface area contributed by atoms with Crippen LogP contribution in [0.5, 0.6) is 0 Å². The predicted octanol–water partition coefficient (Wildman–Crippen LogP) is 9.98. The molecule has 26 heteroatoms. The molecule has 399 valence electrons. The minimum absolute atomic E-state index is 0. The third-order valence-corrected chi connectivity index (χ3v) is 12.7. The van der Waals surface area contributed by atoms with Crippen molar-refractivity contribution in [3.8, 4) is 11.4 Å². The van der Waals surface area contributed by atoms with Gasteiger partial charge in [0.05, 0.1) is 41.2 Å². The summed E-state index contributed by atoms with van der Waals surface area (Å²) in [6, 6.07) is 8.42. The number of hydrogen-bond acceptors (Lipinski definition) is 12. The second-order valence-electron chi connectivity index (χ2n) is 17.7. The molecule has 10 rings (SSSR count). The Balaban J connectivity index is 0.000000199. The van der Waals surface area contributed by atoms with Gasteiger partial charge in [-0.25, -0.2) is 38.3 Å². The van der Waals surface area contributed by atoms with Crippen molar-refractivity contribution in [1.82, 2.24) is 39.0 Å². The van der Waals surface area contributed by atoms with Crippen molar-refractivity contribution in [3.05, 3.63) is 125 Å². The quantitative estimate of drug-likeness (QED) is 0.0837. The van der Waals surface area contributed by atoms with E-state index in [2.05, 4.69) is 35.2 Å². The number of halogens is 9. The molecule has 3 N–H and O–H groups in total. The molecule has 16 nitrogen and oxygen atoms in total. The van der Waals surface area contributed by atoms with Gasteiger partial charge in [-0.3, -0.25) is 9.80 Å². The van der Waals surface area contributed by atoms with E-state index in [1.807, 2.05) is 23.0 Å². The SMILES string of the molecule is C.C[C@H](F)[C@H]1COC(=O)N1c1ccnc(F)n1.C[C@H](N)c1ncn2c1CCCc1cc(C(F)(F)F)ccc1-2.C[C@H](Nc1nccc(N2C(=O)OC[C@@H]2[C@H](C)F)n1)c1ncn2c1CCCc1cc(C(F)(F)F)ccc1-2.[B]. The Morgan fingerprint density at radius 1 is 0.653 bits per heavy atom. The molecule has 75 heavy (non-hydrogen) atoms. The molecule has 4 aromatic heterocycles. The molecule has 0 aliphatic carbocycles. The summed E-state index contributed by atoms with van der Waals surface area (Å²) in [6.45, 7) is 6.26.